The predicted molar refractivity (Wildman–Crippen MR) is 88.0 cm³/mol. The largest absolute Gasteiger partial charge is 0.433 e. The van der Waals surface area contributed by atoms with Crippen molar-refractivity contribution in [3.05, 3.63) is 65.4 Å². The zero-order valence-electron chi connectivity index (χ0n) is 13.9. The Bertz CT molecular complexity index is 951. The quantitative estimate of drug-likeness (QED) is 0.774. The van der Waals surface area contributed by atoms with Crippen LogP contribution in [0, 0.1) is 13.8 Å². The van der Waals surface area contributed by atoms with E-state index >= 15 is 0 Å². The molecule has 0 aliphatic heterocycles. The minimum Gasteiger partial charge on any atom is -0.305 e. The van der Waals surface area contributed by atoms with Gasteiger partial charge in [-0.25, -0.2) is 14.6 Å². The van der Waals surface area contributed by atoms with Crippen LogP contribution in [0.1, 0.15) is 27.7 Å². The zero-order chi connectivity index (χ0) is 18.9. The summed E-state index contributed by atoms with van der Waals surface area (Å²) in [5.41, 5.74) is -0.198. The number of para-hydroxylation sites is 1. The summed E-state index contributed by atoms with van der Waals surface area (Å²) in [7, 11) is 0. The molecule has 1 N–H and O–H groups in total. The summed E-state index contributed by atoms with van der Waals surface area (Å²) < 4.78 is 40.2. The summed E-state index contributed by atoms with van der Waals surface area (Å²) in [6.07, 6.45) is -4.66. The van der Waals surface area contributed by atoms with Gasteiger partial charge in [-0.3, -0.25) is 4.79 Å². The number of nitrogens with one attached hydrogen (secondary N) is 1. The van der Waals surface area contributed by atoms with Gasteiger partial charge in [-0.1, -0.05) is 18.2 Å². The van der Waals surface area contributed by atoms with Crippen molar-refractivity contribution in [2.45, 2.75) is 20.0 Å². The Kier molecular flexibility index (Phi) is 4.45. The third-order valence-electron chi connectivity index (χ3n) is 3.43. The van der Waals surface area contributed by atoms with Gasteiger partial charge >= 0.3 is 6.18 Å². The van der Waals surface area contributed by atoms with Crippen molar-refractivity contribution in [2.75, 3.05) is 5.32 Å². The maximum absolute atomic E-state index is 12.9. The number of benzene rings is 1. The van der Waals surface area contributed by atoms with Crippen molar-refractivity contribution in [1.82, 2.24) is 19.7 Å². The van der Waals surface area contributed by atoms with Gasteiger partial charge in [0.05, 0.1) is 11.4 Å². The number of alkyl halides is 3. The number of hydrogen-bond donors (Lipinski definition) is 1. The number of carbonyl (C=O) groups excluding carboxylic acids is 1. The van der Waals surface area contributed by atoms with Crippen LogP contribution >= 0.6 is 0 Å². The van der Waals surface area contributed by atoms with E-state index in [0.29, 0.717) is 23.3 Å². The normalized spacial score (nSPS) is 11.4. The van der Waals surface area contributed by atoms with Crippen LogP contribution in [0.3, 0.4) is 0 Å². The molecule has 0 saturated heterocycles. The number of halogens is 3. The predicted octanol–water partition coefficient (Wildman–Crippen LogP) is 3.55. The highest BCUT2D eigenvalue weighted by molar-refractivity contribution is 6.02. The van der Waals surface area contributed by atoms with Crippen molar-refractivity contribution in [3.63, 3.8) is 0 Å². The number of nitrogens with zero attached hydrogens (tertiary/aromatic N) is 4. The van der Waals surface area contributed by atoms with Gasteiger partial charge in [0, 0.05) is 12.1 Å². The minimum absolute atomic E-state index is 0.141. The van der Waals surface area contributed by atoms with Gasteiger partial charge in [0.25, 0.3) is 5.91 Å². The highest BCUT2D eigenvalue weighted by Gasteiger charge is 2.34. The molecular formula is C17H14F3N5O. The van der Waals surface area contributed by atoms with Gasteiger partial charge in [-0.05, 0) is 26.0 Å². The fraction of sp³-hybridized carbons (Fsp3) is 0.176. The van der Waals surface area contributed by atoms with E-state index in [1.807, 2.05) is 6.07 Å². The first-order valence-electron chi connectivity index (χ1n) is 7.60. The maximum atomic E-state index is 12.9. The Hall–Kier alpha value is -3.23. The van der Waals surface area contributed by atoms with Crippen LogP contribution in [0.15, 0.2) is 42.5 Å². The van der Waals surface area contributed by atoms with E-state index in [1.54, 1.807) is 37.3 Å². The number of aryl methyl sites for hydroxylation is 2. The Morgan fingerprint density at radius 1 is 1.08 bits per heavy atom. The lowest BCUT2D eigenvalue weighted by atomic mass is 10.3. The molecular weight excluding hydrogens is 347 g/mol. The van der Waals surface area contributed by atoms with Crippen molar-refractivity contribution < 1.29 is 18.0 Å². The molecule has 6 nitrogen and oxygen atoms in total. The van der Waals surface area contributed by atoms with Gasteiger partial charge in [-0.15, -0.1) is 0 Å². The van der Waals surface area contributed by atoms with E-state index in [1.165, 1.54) is 11.6 Å². The summed E-state index contributed by atoms with van der Waals surface area (Å²) >= 11 is 0. The fourth-order valence-corrected chi connectivity index (χ4v) is 2.36. The smallest absolute Gasteiger partial charge is 0.305 e. The number of rotatable bonds is 3. The number of hydrogen-bond acceptors (Lipinski definition) is 4. The Balaban J connectivity index is 1.94. The molecule has 0 radical (unpaired) electrons. The van der Waals surface area contributed by atoms with Gasteiger partial charge in [-0.2, -0.15) is 18.3 Å². The molecule has 1 aromatic carbocycles. The third kappa shape index (κ3) is 3.71. The summed E-state index contributed by atoms with van der Waals surface area (Å²) in [5.74, 6) is -0.598. The summed E-state index contributed by atoms with van der Waals surface area (Å²) in [5, 5.41) is 6.85. The van der Waals surface area contributed by atoms with Crippen LogP contribution < -0.4 is 5.32 Å². The lowest BCUT2D eigenvalue weighted by Gasteiger charge is -2.10. The first-order chi connectivity index (χ1) is 12.2. The first kappa shape index (κ1) is 17.6. The van der Waals surface area contributed by atoms with Crippen LogP contribution in [-0.2, 0) is 6.18 Å². The second-order valence-corrected chi connectivity index (χ2v) is 5.56. The monoisotopic (exact) mass is 361 g/mol. The topological polar surface area (TPSA) is 72.7 Å². The lowest BCUT2D eigenvalue weighted by molar-refractivity contribution is -0.141. The Morgan fingerprint density at radius 2 is 1.77 bits per heavy atom. The first-order valence-corrected chi connectivity index (χ1v) is 7.60. The molecule has 1 amide bonds. The Morgan fingerprint density at radius 3 is 2.42 bits per heavy atom. The maximum Gasteiger partial charge on any atom is 0.433 e. The van der Waals surface area contributed by atoms with Crippen LogP contribution in [0.25, 0.3) is 5.69 Å². The molecule has 0 aliphatic rings. The van der Waals surface area contributed by atoms with Crippen molar-refractivity contribution in [3.8, 4) is 5.69 Å². The van der Waals surface area contributed by atoms with E-state index in [4.69, 9.17) is 0 Å². The van der Waals surface area contributed by atoms with Crippen LogP contribution in [0.5, 0.6) is 0 Å². The Labute approximate surface area is 146 Å². The van der Waals surface area contributed by atoms with Gasteiger partial charge in [0.2, 0.25) is 0 Å². The average molecular weight is 361 g/mol. The SMILES string of the molecule is Cc1cc(NC(=O)c2cc(C(F)(F)F)nc(C)n2)n(-c2ccccc2)n1. The number of aromatic nitrogens is 4. The molecule has 0 bridgehead atoms. The van der Waals surface area contributed by atoms with E-state index in [-0.39, 0.29) is 11.5 Å². The molecule has 134 valence electrons. The van der Waals surface area contributed by atoms with E-state index in [9.17, 15) is 18.0 Å². The minimum atomic E-state index is -4.66. The third-order valence-corrected chi connectivity index (χ3v) is 3.43. The molecule has 0 aliphatic carbocycles. The molecule has 0 saturated carbocycles. The van der Waals surface area contributed by atoms with Crippen LogP contribution in [-0.4, -0.2) is 25.7 Å². The standard InChI is InChI=1S/C17H14F3N5O/c1-10-8-15(25(24-10)12-6-4-3-5-7-12)23-16(26)13-9-14(17(18,19)20)22-11(2)21-13/h3-9H,1-2H3,(H,23,26). The molecule has 3 rings (SSSR count). The van der Waals surface area contributed by atoms with E-state index < -0.39 is 17.8 Å². The number of carbonyl (C=O) groups is 1. The molecule has 0 fully saturated rings. The van der Waals surface area contributed by atoms with Gasteiger partial charge in [0.1, 0.15) is 23.0 Å². The van der Waals surface area contributed by atoms with E-state index in [0.717, 1.165) is 0 Å². The van der Waals surface area contributed by atoms with Crippen LogP contribution in [0.2, 0.25) is 0 Å². The van der Waals surface area contributed by atoms with Gasteiger partial charge in [0.15, 0.2) is 0 Å². The average Bonchev–Trinajstić information content (AvgIpc) is 2.94. The summed E-state index contributed by atoms with van der Waals surface area (Å²) in [6.45, 7) is 3.04. The van der Waals surface area contributed by atoms with Crippen molar-refractivity contribution in [1.29, 1.82) is 0 Å². The molecule has 0 spiro atoms. The number of amides is 1. The molecule has 2 aromatic heterocycles. The lowest BCUT2D eigenvalue weighted by Crippen LogP contribution is -2.19. The molecule has 0 unspecified atom stereocenters. The van der Waals surface area contributed by atoms with E-state index in [2.05, 4.69) is 20.4 Å². The van der Waals surface area contributed by atoms with Crippen LogP contribution in [0.4, 0.5) is 19.0 Å². The molecule has 3 aromatic rings. The zero-order valence-corrected chi connectivity index (χ0v) is 13.9. The second kappa shape index (κ2) is 6.58. The van der Waals surface area contributed by atoms with Crippen molar-refractivity contribution >= 4 is 11.7 Å². The fourth-order valence-electron chi connectivity index (χ4n) is 2.36. The number of anilines is 1. The molecule has 0 atom stereocenters. The highest BCUT2D eigenvalue weighted by Crippen LogP contribution is 2.28. The van der Waals surface area contributed by atoms with Gasteiger partial charge < -0.3 is 5.32 Å². The molecule has 26 heavy (non-hydrogen) atoms. The summed E-state index contributed by atoms with van der Waals surface area (Å²) in [4.78, 5) is 19.6. The molecule has 2 heterocycles. The van der Waals surface area contributed by atoms with Crippen molar-refractivity contribution in [2.24, 2.45) is 0 Å². The summed E-state index contributed by atoms with van der Waals surface area (Å²) in [6, 6.07) is 11.3. The highest BCUT2D eigenvalue weighted by atomic mass is 19.4. The second-order valence-electron chi connectivity index (χ2n) is 5.56. The molecule has 9 heteroatoms.